The van der Waals surface area contributed by atoms with Gasteiger partial charge in [0.15, 0.2) is 0 Å². The largest absolute Gasteiger partial charge is 0.478 e. The van der Waals surface area contributed by atoms with Gasteiger partial charge in [-0.2, -0.15) is 13.2 Å². The number of likely N-dealkylation sites (tertiary alicyclic amines) is 1. The first-order valence-electron chi connectivity index (χ1n) is 15.5. The summed E-state index contributed by atoms with van der Waals surface area (Å²) in [7, 11) is 0. The average Bonchev–Trinajstić information content (AvgIpc) is 3.02. The minimum atomic E-state index is -4.42. The summed E-state index contributed by atoms with van der Waals surface area (Å²) >= 11 is 0. The molecule has 46 heavy (non-hydrogen) atoms. The Morgan fingerprint density at radius 1 is 0.804 bits per heavy atom. The zero-order valence-corrected chi connectivity index (χ0v) is 26.9. The fourth-order valence-electron chi connectivity index (χ4n) is 6.00. The molecule has 0 aromatic heterocycles. The van der Waals surface area contributed by atoms with E-state index in [0.29, 0.717) is 42.1 Å². The molecule has 1 saturated heterocycles. The summed E-state index contributed by atoms with van der Waals surface area (Å²) in [5.74, 6) is -0.646. The van der Waals surface area contributed by atoms with Crippen LogP contribution in [0.3, 0.4) is 0 Å². The van der Waals surface area contributed by atoms with Crippen molar-refractivity contribution in [1.29, 1.82) is 0 Å². The van der Waals surface area contributed by atoms with Gasteiger partial charge in [0.1, 0.15) is 0 Å². The SMILES string of the molecule is CC(C)(C)OCC(C)(C)C(=O)N1CCC(c2ccc(-c3cc(C(=O)O)cc4cc(-c5ccc(C(F)(F)F)cc5)ccc34)cc2)CC1. The second kappa shape index (κ2) is 12.6. The van der Waals surface area contributed by atoms with Gasteiger partial charge in [-0.15, -0.1) is 0 Å². The van der Waals surface area contributed by atoms with Crippen LogP contribution >= 0.6 is 0 Å². The number of piperidine rings is 1. The van der Waals surface area contributed by atoms with Crippen LogP contribution in [-0.2, 0) is 15.7 Å². The van der Waals surface area contributed by atoms with Gasteiger partial charge in [0, 0.05) is 13.1 Å². The van der Waals surface area contributed by atoms with E-state index in [2.05, 4.69) is 12.1 Å². The first-order chi connectivity index (χ1) is 21.5. The van der Waals surface area contributed by atoms with Crippen LogP contribution in [0, 0.1) is 5.41 Å². The molecule has 1 aliphatic heterocycles. The van der Waals surface area contributed by atoms with E-state index >= 15 is 0 Å². The number of carboxylic acid groups (broad SMARTS) is 1. The molecule has 5 nitrogen and oxygen atoms in total. The molecule has 0 spiro atoms. The van der Waals surface area contributed by atoms with Crippen molar-refractivity contribution in [3.8, 4) is 22.3 Å². The highest BCUT2D eigenvalue weighted by atomic mass is 19.4. The molecule has 4 aromatic carbocycles. The van der Waals surface area contributed by atoms with Crippen LogP contribution in [0.15, 0.2) is 78.9 Å². The summed E-state index contributed by atoms with van der Waals surface area (Å²) in [5, 5.41) is 11.4. The van der Waals surface area contributed by atoms with Crippen molar-refractivity contribution in [2.75, 3.05) is 19.7 Å². The Kier molecular flexibility index (Phi) is 9.06. The molecule has 0 aliphatic carbocycles. The predicted molar refractivity (Wildman–Crippen MR) is 175 cm³/mol. The maximum Gasteiger partial charge on any atom is 0.416 e. The van der Waals surface area contributed by atoms with Crippen LogP contribution in [0.2, 0.25) is 0 Å². The number of carboxylic acids is 1. The van der Waals surface area contributed by atoms with Crippen molar-refractivity contribution in [2.45, 2.75) is 65.2 Å². The van der Waals surface area contributed by atoms with E-state index in [1.165, 1.54) is 17.7 Å². The molecule has 1 amide bonds. The lowest BCUT2D eigenvalue weighted by Crippen LogP contribution is -2.47. The summed E-state index contributed by atoms with van der Waals surface area (Å²) < 4.78 is 45.1. The lowest BCUT2D eigenvalue weighted by molar-refractivity contribution is -0.148. The standard InChI is InChI=1S/C38H40F3NO4/c1-36(2,3)46-23-37(4,5)35(45)42-18-16-26(17-19-42)24-6-8-27(9-7-24)33-22-30(34(43)44)21-29-20-28(12-15-32(29)33)25-10-13-31(14-11-25)38(39,40)41/h6-15,20-22,26H,16-19,23H2,1-5H3,(H,43,44). The Balaban J connectivity index is 1.34. The molecule has 1 aliphatic rings. The molecule has 242 valence electrons. The van der Waals surface area contributed by atoms with Gasteiger partial charge in [-0.1, -0.05) is 48.5 Å². The van der Waals surface area contributed by atoms with Gasteiger partial charge in [-0.25, -0.2) is 4.79 Å². The Morgan fingerprint density at radius 2 is 1.39 bits per heavy atom. The number of benzene rings is 4. The fraction of sp³-hybridized carbons (Fsp3) is 0.368. The number of carbonyl (C=O) groups excluding carboxylic acids is 1. The van der Waals surface area contributed by atoms with Gasteiger partial charge in [0.2, 0.25) is 5.91 Å². The van der Waals surface area contributed by atoms with Crippen molar-refractivity contribution in [3.05, 3.63) is 95.6 Å². The highest BCUT2D eigenvalue weighted by Crippen LogP contribution is 2.37. The lowest BCUT2D eigenvalue weighted by Gasteiger charge is -2.38. The second-order valence-corrected chi connectivity index (χ2v) is 13.8. The third-order valence-corrected chi connectivity index (χ3v) is 8.67. The van der Waals surface area contributed by atoms with Crippen LogP contribution in [0.5, 0.6) is 0 Å². The number of halogens is 3. The Bertz CT molecular complexity index is 1730. The summed E-state index contributed by atoms with van der Waals surface area (Å²) in [6.07, 6.45) is -2.71. The maximum absolute atomic E-state index is 13.3. The molecule has 1 heterocycles. The number of alkyl halides is 3. The van der Waals surface area contributed by atoms with Gasteiger partial charge in [0.25, 0.3) is 0 Å². The molecule has 1 fully saturated rings. The van der Waals surface area contributed by atoms with Crippen LogP contribution in [0.4, 0.5) is 13.2 Å². The highest BCUT2D eigenvalue weighted by molar-refractivity contribution is 6.04. The predicted octanol–water partition coefficient (Wildman–Crippen LogP) is 9.44. The van der Waals surface area contributed by atoms with Crippen molar-refractivity contribution < 1.29 is 32.6 Å². The van der Waals surface area contributed by atoms with Gasteiger partial charge >= 0.3 is 12.1 Å². The number of rotatable bonds is 7. The summed E-state index contributed by atoms with van der Waals surface area (Å²) in [6.45, 7) is 11.5. The Hall–Kier alpha value is -4.17. The highest BCUT2D eigenvalue weighted by Gasteiger charge is 2.35. The zero-order valence-electron chi connectivity index (χ0n) is 26.9. The van der Waals surface area contributed by atoms with Crippen LogP contribution < -0.4 is 0 Å². The third-order valence-electron chi connectivity index (χ3n) is 8.67. The molecule has 8 heteroatoms. The number of hydrogen-bond donors (Lipinski definition) is 1. The monoisotopic (exact) mass is 631 g/mol. The second-order valence-electron chi connectivity index (χ2n) is 13.8. The van der Waals surface area contributed by atoms with Gasteiger partial charge in [-0.3, -0.25) is 4.79 Å². The molecule has 0 atom stereocenters. The minimum absolute atomic E-state index is 0.109. The molecule has 5 rings (SSSR count). The fourth-order valence-corrected chi connectivity index (χ4v) is 6.00. The van der Waals surface area contributed by atoms with Crippen LogP contribution in [-0.4, -0.2) is 47.2 Å². The number of amides is 1. The molecule has 0 radical (unpaired) electrons. The van der Waals surface area contributed by atoms with E-state index in [1.807, 2.05) is 69.9 Å². The van der Waals surface area contributed by atoms with E-state index in [4.69, 9.17) is 4.74 Å². The lowest BCUT2D eigenvalue weighted by atomic mass is 9.86. The number of carbonyl (C=O) groups is 2. The number of hydrogen-bond acceptors (Lipinski definition) is 3. The number of ether oxygens (including phenoxy) is 1. The first-order valence-corrected chi connectivity index (χ1v) is 15.5. The van der Waals surface area contributed by atoms with Gasteiger partial charge in [0.05, 0.1) is 28.7 Å². The van der Waals surface area contributed by atoms with Crippen molar-refractivity contribution in [2.24, 2.45) is 5.41 Å². The molecule has 0 bridgehead atoms. The normalized spacial score (nSPS) is 14.9. The van der Waals surface area contributed by atoms with Gasteiger partial charge < -0.3 is 14.7 Å². The quantitative estimate of drug-likeness (QED) is 0.221. The zero-order chi connectivity index (χ0) is 33.4. The molecular formula is C38H40F3NO4. The number of nitrogens with zero attached hydrogens (tertiary/aromatic N) is 1. The van der Waals surface area contributed by atoms with Crippen LogP contribution in [0.25, 0.3) is 33.0 Å². The van der Waals surface area contributed by atoms with Gasteiger partial charge in [-0.05, 0) is 122 Å². The molecule has 4 aromatic rings. The minimum Gasteiger partial charge on any atom is -0.478 e. The number of aromatic carboxylic acids is 1. The van der Waals surface area contributed by atoms with Crippen molar-refractivity contribution >= 4 is 22.6 Å². The summed E-state index contributed by atoms with van der Waals surface area (Å²) in [6, 6.07) is 21.9. The number of fused-ring (bicyclic) bond motifs is 1. The summed E-state index contributed by atoms with van der Waals surface area (Å²) in [5.41, 5.74) is 2.60. The van der Waals surface area contributed by atoms with E-state index < -0.39 is 23.1 Å². The van der Waals surface area contributed by atoms with Crippen molar-refractivity contribution in [3.63, 3.8) is 0 Å². The average molecular weight is 632 g/mol. The Labute approximate surface area is 268 Å². The smallest absolute Gasteiger partial charge is 0.416 e. The first kappa shape index (κ1) is 33.2. The van der Waals surface area contributed by atoms with E-state index in [-0.39, 0.29) is 17.1 Å². The Morgan fingerprint density at radius 3 is 1.96 bits per heavy atom. The van der Waals surface area contributed by atoms with E-state index in [0.717, 1.165) is 41.5 Å². The molecule has 1 N–H and O–H groups in total. The maximum atomic E-state index is 13.3. The van der Waals surface area contributed by atoms with E-state index in [1.54, 1.807) is 12.1 Å². The third kappa shape index (κ3) is 7.44. The molecule has 0 unspecified atom stereocenters. The topological polar surface area (TPSA) is 66.8 Å². The van der Waals surface area contributed by atoms with Crippen molar-refractivity contribution in [1.82, 2.24) is 4.90 Å². The molecular weight excluding hydrogens is 591 g/mol. The van der Waals surface area contributed by atoms with E-state index in [9.17, 15) is 27.9 Å². The summed E-state index contributed by atoms with van der Waals surface area (Å²) in [4.78, 5) is 27.3. The van der Waals surface area contributed by atoms with Crippen LogP contribution in [0.1, 0.15) is 74.9 Å². The molecule has 0 saturated carbocycles.